The molecule has 0 N–H and O–H groups in total. The van der Waals surface area contributed by atoms with Gasteiger partial charge in [-0.05, 0) is 73.7 Å². The Balaban J connectivity index is 1.70. The van der Waals surface area contributed by atoms with Crippen LogP contribution in [-0.4, -0.2) is 23.9 Å². The fraction of sp³-hybridized carbons (Fsp3) is 0.850. The molecule has 0 aromatic carbocycles. The maximum absolute atomic E-state index is 12.1. The molecule has 0 spiro atoms. The maximum Gasteiger partial charge on any atom is 0.246 e. The lowest BCUT2D eigenvalue weighted by Crippen LogP contribution is -2.59. The third kappa shape index (κ3) is 1.70. The van der Waals surface area contributed by atoms with Gasteiger partial charge in [0.2, 0.25) is 5.91 Å². The van der Waals surface area contributed by atoms with E-state index in [1.54, 1.807) is 0 Å². The van der Waals surface area contributed by atoms with Crippen molar-refractivity contribution < 1.29 is 4.79 Å². The minimum absolute atomic E-state index is 0.205. The Morgan fingerprint density at radius 3 is 2.64 bits per heavy atom. The van der Waals surface area contributed by atoms with Gasteiger partial charge >= 0.3 is 0 Å². The van der Waals surface area contributed by atoms with E-state index in [1.165, 1.54) is 38.5 Å². The fourth-order valence-corrected chi connectivity index (χ4v) is 7.00. The van der Waals surface area contributed by atoms with Gasteiger partial charge in [0.05, 0.1) is 0 Å². The Morgan fingerprint density at radius 2 is 1.86 bits per heavy atom. The highest BCUT2D eigenvalue weighted by Crippen LogP contribution is 2.65. The van der Waals surface area contributed by atoms with Crippen LogP contribution < -0.4 is 0 Å². The van der Waals surface area contributed by atoms with E-state index in [-0.39, 0.29) is 11.3 Å². The summed E-state index contributed by atoms with van der Waals surface area (Å²) in [6.07, 6.45) is 12.3. The number of carbonyl (C=O) groups is 1. The van der Waals surface area contributed by atoms with E-state index in [9.17, 15) is 4.79 Å². The number of hydrogen-bond donors (Lipinski definition) is 0. The predicted octanol–water partition coefficient (Wildman–Crippen LogP) is 4.26. The summed E-state index contributed by atoms with van der Waals surface area (Å²) >= 11 is 0. The van der Waals surface area contributed by atoms with Gasteiger partial charge < -0.3 is 4.90 Å². The Hall–Kier alpha value is -0.790. The first-order chi connectivity index (χ1) is 10.4. The number of rotatable bonds is 0. The van der Waals surface area contributed by atoms with Gasteiger partial charge in [-0.25, -0.2) is 0 Å². The first kappa shape index (κ1) is 14.8. The third-order valence-electron chi connectivity index (χ3n) is 8.60. The van der Waals surface area contributed by atoms with Crippen LogP contribution >= 0.6 is 0 Å². The number of hydrogen-bond acceptors (Lipinski definition) is 1. The molecular formula is C20H31NO. The van der Waals surface area contributed by atoms with E-state index >= 15 is 0 Å². The molecule has 7 atom stereocenters. The maximum atomic E-state index is 12.1. The normalized spacial score (nSPS) is 53.9. The van der Waals surface area contributed by atoms with Gasteiger partial charge in [0.1, 0.15) is 0 Å². The molecule has 1 heterocycles. The molecular weight excluding hydrogens is 270 g/mol. The highest BCUT2D eigenvalue weighted by Gasteiger charge is 2.59. The molecule has 3 unspecified atom stereocenters. The molecule has 4 aliphatic rings. The molecule has 0 aromatic rings. The molecule has 0 radical (unpaired) electrons. The summed E-state index contributed by atoms with van der Waals surface area (Å²) in [5.41, 5.74) is 0.795. The molecule has 22 heavy (non-hydrogen) atoms. The molecule has 3 saturated carbocycles. The molecule has 3 aliphatic carbocycles. The predicted molar refractivity (Wildman–Crippen MR) is 89.2 cm³/mol. The number of amides is 1. The Morgan fingerprint density at radius 1 is 1.09 bits per heavy atom. The molecule has 0 saturated heterocycles. The molecule has 0 aromatic heterocycles. The largest absolute Gasteiger partial charge is 0.338 e. The summed E-state index contributed by atoms with van der Waals surface area (Å²) < 4.78 is 0. The van der Waals surface area contributed by atoms with Crippen molar-refractivity contribution in [3.8, 4) is 0 Å². The van der Waals surface area contributed by atoms with Crippen LogP contribution in [0.5, 0.6) is 0 Å². The summed E-state index contributed by atoms with van der Waals surface area (Å²) in [7, 11) is 2.01. The minimum atomic E-state index is 0.205. The lowest BCUT2D eigenvalue weighted by molar-refractivity contribution is -0.138. The van der Waals surface area contributed by atoms with E-state index in [2.05, 4.69) is 26.8 Å². The van der Waals surface area contributed by atoms with Crippen molar-refractivity contribution in [2.75, 3.05) is 7.05 Å². The average molecular weight is 301 g/mol. The first-order valence-electron chi connectivity index (χ1n) is 9.34. The first-order valence-corrected chi connectivity index (χ1v) is 9.34. The second kappa shape index (κ2) is 4.61. The van der Waals surface area contributed by atoms with Crippen LogP contribution in [0.3, 0.4) is 0 Å². The van der Waals surface area contributed by atoms with E-state index in [1.807, 2.05) is 18.0 Å². The lowest BCUT2D eigenvalue weighted by atomic mass is 9.48. The molecule has 2 heteroatoms. The molecule has 122 valence electrons. The SMILES string of the molecule is CC1CCC2[C@@H]3CCC4N(C)C(=O)C=C[C@]4(C)[C@H]3CC[C@]12C. The van der Waals surface area contributed by atoms with Crippen LogP contribution in [-0.2, 0) is 4.79 Å². The highest BCUT2D eigenvalue weighted by molar-refractivity contribution is 5.89. The van der Waals surface area contributed by atoms with Gasteiger partial charge in [0.15, 0.2) is 0 Å². The van der Waals surface area contributed by atoms with E-state index in [0.29, 0.717) is 11.5 Å². The van der Waals surface area contributed by atoms with Gasteiger partial charge in [0, 0.05) is 18.5 Å². The standard InChI is InChI=1S/C20H31NO/c1-13-5-7-15-14-6-8-17-20(3,12-10-18(22)21(17)4)16(14)9-11-19(13,15)2/h10,12-17H,5-9,11H2,1-4H3/t13?,14-,15?,16-,17?,19+,20+/m0/s1. The molecule has 4 rings (SSSR count). The average Bonchev–Trinajstić information content (AvgIpc) is 2.79. The van der Waals surface area contributed by atoms with Crippen molar-refractivity contribution in [1.29, 1.82) is 0 Å². The summed E-state index contributed by atoms with van der Waals surface area (Å²) in [6.45, 7) is 7.50. The van der Waals surface area contributed by atoms with Crippen LogP contribution in [0, 0.1) is 34.5 Å². The number of likely N-dealkylation sites (N-methyl/N-ethyl adjacent to an activating group) is 1. The second-order valence-electron chi connectivity index (χ2n) is 9.14. The van der Waals surface area contributed by atoms with Gasteiger partial charge in [-0.2, -0.15) is 0 Å². The van der Waals surface area contributed by atoms with E-state index in [4.69, 9.17) is 0 Å². The monoisotopic (exact) mass is 301 g/mol. The molecule has 0 bridgehead atoms. The topological polar surface area (TPSA) is 20.3 Å². The van der Waals surface area contributed by atoms with Gasteiger partial charge in [-0.15, -0.1) is 0 Å². The van der Waals surface area contributed by atoms with Crippen LogP contribution in [0.4, 0.5) is 0 Å². The van der Waals surface area contributed by atoms with Crippen LogP contribution in [0.15, 0.2) is 12.2 Å². The fourth-order valence-electron chi connectivity index (χ4n) is 7.00. The van der Waals surface area contributed by atoms with Gasteiger partial charge in [-0.1, -0.05) is 26.8 Å². The van der Waals surface area contributed by atoms with Gasteiger partial charge in [0.25, 0.3) is 0 Å². The van der Waals surface area contributed by atoms with Gasteiger partial charge in [-0.3, -0.25) is 4.79 Å². The minimum Gasteiger partial charge on any atom is -0.338 e. The third-order valence-corrected chi connectivity index (χ3v) is 8.60. The van der Waals surface area contributed by atoms with Crippen LogP contribution in [0.25, 0.3) is 0 Å². The summed E-state index contributed by atoms with van der Waals surface area (Å²) in [6, 6.07) is 0.425. The van der Waals surface area contributed by atoms with Crippen LogP contribution in [0.1, 0.15) is 59.3 Å². The van der Waals surface area contributed by atoms with Crippen molar-refractivity contribution in [1.82, 2.24) is 4.90 Å². The number of fused-ring (bicyclic) bond motifs is 5. The van der Waals surface area contributed by atoms with Crippen molar-refractivity contribution in [3.05, 3.63) is 12.2 Å². The molecule has 1 amide bonds. The highest BCUT2D eigenvalue weighted by atomic mass is 16.2. The zero-order chi connectivity index (χ0) is 15.7. The van der Waals surface area contributed by atoms with E-state index < -0.39 is 0 Å². The second-order valence-corrected chi connectivity index (χ2v) is 9.14. The summed E-state index contributed by atoms with van der Waals surface area (Å²) in [5, 5.41) is 0. The zero-order valence-electron chi connectivity index (χ0n) is 14.6. The van der Waals surface area contributed by atoms with Crippen molar-refractivity contribution in [2.45, 2.75) is 65.3 Å². The van der Waals surface area contributed by atoms with Crippen molar-refractivity contribution in [3.63, 3.8) is 0 Å². The molecule has 3 fully saturated rings. The number of carbonyl (C=O) groups excluding carboxylic acids is 1. The Bertz CT molecular complexity index is 526. The van der Waals surface area contributed by atoms with Crippen LogP contribution in [0.2, 0.25) is 0 Å². The quantitative estimate of drug-likeness (QED) is 0.654. The lowest BCUT2D eigenvalue weighted by Gasteiger charge is -2.60. The molecule has 2 nitrogen and oxygen atoms in total. The summed E-state index contributed by atoms with van der Waals surface area (Å²) in [4.78, 5) is 14.1. The van der Waals surface area contributed by atoms with Crippen molar-refractivity contribution in [2.24, 2.45) is 34.5 Å². The van der Waals surface area contributed by atoms with Crippen molar-refractivity contribution >= 4 is 5.91 Å². The zero-order valence-corrected chi connectivity index (χ0v) is 14.6. The molecule has 1 aliphatic heterocycles. The summed E-state index contributed by atoms with van der Waals surface area (Å²) in [5.74, 6) is 3.69. The Labute approximate surface area is 135 Å². The Kier molecular flexibility index (Phi) is 3.10. The number of nitrogens with zero attached hydrogens (tertiary/aromatic N) is 1. The smallest absolute Gasteiger partial charge is 0.246 e. The van der Waals surface area contributed by atoms with E-state index in [0.717, 1.165) is 23.7 Å².